The SMILES string of the molecule is Cc1c(C)c2ccc(OCC(=O)N3CCC(O)(c4ccc(Cl)cc4)CC3)c(C)c2oc1=O. The topological polar surface area (TPSA) is 80.0 Å². The number of benzene rings is 2. The Morgan fingerprint density at radius 1 is 1.06 bits per heavy atom. The lowest BCUT2D eigenvalue weighted by molar-refractivity contribution is -0.137. The Hall–Kier alpha value is -2.83. The highest BCUT2D eigenvalue weighted by Crippen LogP contribution is 2.34. The summed E-state index contributed by atoms with van der Waals surface area (Å²) in [4.78, 5) is 26.5. The number of aryl methyl sites for hydroxylation is 2. The van der Waals surface area contributed by atoms with E-state index in [1.807, 2.05) is 32.0 Å². The average Bonchev–Trinajstić information content (AvgIpc) is 2.78. The van der Waals surface area contributed by atoms with Gasteiger partial charge in [-0.05, 0) is 69.0 Å². The van der Waals surface area contributed by atoms with E-state index in [0.717, 1.165) is 16.5 Å². The first-order valence-corrected chi connectivity index (χ1v) is 11.0. The first kappa shape index (κ1) is 22.4. The van der Waals surface area contributed by atoms with Crippen molar-refractivity contribution in [3.05, 3.63) is 74.1 Å². The lowest BCUT2D eigenvalue weighted by Crippen LogP contribution is -2.46. The molecule has 168 valence electrons. The highest BCUT2D eigenvalue weighted by molar-refractivity contribution is 6.30. The fourth-order valence-corrected chi connectivity index (χ4v) is 4.31. The van der Waals surface area contributed by atoms with Crippen molar-refractivity contribution >= 4 is 28.5 Å². The van der Waals surface area contributed by atoms with Crippen molar-refractivity contribution in [2.24, 2.45) is 0 Å². The first-order valence-electron chi connectivity index (χ1n) is 10.6. The number of piperidine rings is 1. The third kappa shape index (κ3) is 4.12. The van der Waals surface area contributed by atoms with E-state index in [9.17, 15) is 14.7 Å². The van der Waals surface area contributed by atoms with Crippen LogP contribution in [0.1, 0.15) is 35.1 Å². The zero-order valence-corrected chi connectivity index (χ0v) is 19.2. The van der Waals surface area contributed by atoms with Crippen LogP contribution in [-0.4, -0.2) is 35.6 Å². The number of likely N-dealkylation sites (tertiary alicyclic amines) is 1. The Morgan fingerprint density at radius 2 is 1.72 bits per heavy atom. The number of hydrogen-bond acceptors (Lipinski definition) is 5. The van der Waals surface area contributed by atoms with Crippen LogP contribution >= 0.6 is 11.6 Å². The van der Waals surface area contributed by atoms with Gasteiger partial charge < -0.3 is 19.2 Å². The molecular formula is C25H26ClNO5. The van der Waals surface area contributed by atoms with Gasteiger partial charge in [-0.2, -0.15) is 0 Å². The van der Waals surface area contributed by atoms with Crippen molar-refractivity contribution in [1.82, 2.24) is 4.90 Å². The summed E-state index contributed by atoms with van der Waals surface area (Å²) in [5, 5.41) is 12.5. The molecular weight excluding hydrogens is 430 g/mol. The molecule has 1 aliphatic rings. The Morgan fingerprint density at radius 3 is 2.38 bits per heavy atom. The zero-order valence-electron chi connectivity index (χ0n) is 18.4. The lowest BCUT2D eigenvalue weighted by Gasteiger charge is -2.38. The third-order valence-electron chi connectivity index (χ3n) is 6.50. The largest absolute Gasteiger partial charge is 0.483 e. The van der Waals surface area contributed by atoms with Crippen LogP contribution in [0.3, 0.4) is 0 Å². The predicted molar refractivity (Wildman–Crippen MR) is 123 cm³/mol. The van der Waals surface area contributed by atoms with Gasteiger partial charge in [-0.25, -0.2) is 4.79 Å². The molecule has 32 heavy (non-hydrogen) atoms. The van der Waals surface area contributed by atoms with Crippen molar-refractivity contribution in [2.75, 3.05) is 19.7 Å². The molecule has 1 amide bonds. The summed E-state index contributed by atoms with van der Waals surface area (Å²) >= 11 is 5.94. The predicted octanol–water partition coefficient (Wildman–Crippen LogP) is 4.26. The number of aliphatic hydroxyl groups is 1. The fraction of sp³-hybridized carbons (Fsp3) is 0.360. The van der Waals surface area contributed by atoms with Gasteiger partial charge in [-0.1, -0.05) is 23.7 Å². The van der Waals surface area contributed by atoms with Gasteiger partial charge in [0.15, 0.2) is 6.61 Å². The maximum atomic E-state index is 12.7. The summed E-state index contributed by atoms with van der Waals surface area (Å²) in [6.07, 6.45) is 0.887. The highest BCUT2D eigenvalue weighted by atomic mass is 35.5. The Balaban J connectivity index is 1.42. The van der Waals surface area contributed by atoms with Gasteiger partial charge in [0.25, 0.3) is 5.91 Å². The normalized spacial score (nSPS) is 15.7. The minimum Gasteiger partial charge on any atom is -0.483 e. The number of fused-ring (bicyclic) bond motifs is 1. The van der Waals surface area contributed by atoms with Crippen LogP contribution in [-0.2, 0) is 10.4 Å². The minimum atomic E-state index is -0.968. The van der Waals surface area contributed by atoms with Crippen LogP contribution < -0.4 is 10.4 Å². The quantitative estimate of drug-likeness (QED) is 0.594. The average molecular weight is 456 g/mol. The molecule has 4 rings (SSSR count). The molecule has 1 aliphatic heterocycles. The standard InChI is InChI=1S/C25H26ClNO5/c1-15-16(2)24(29)32-23-17(3)21(9-8-20(15)23)31-14-22(28)27-12-10-25(30,11-13-27)18-4-6-19(26)7-5-18/h4-9,30H,10-14H2,1-3H3. The number of amides is 1. The molecule has 1 saturated heterocycles. The molecule has 3 aromatic rings. The van der Waals surface area contributed by atoms with Gasteiger partial charge in [0.1, 0.15) is 11.3 Å². The van der Waals surface area contributed by atoms with Crippen LogP contribution in [0, 0.1) is 20.8 Å². The number of ether oxygens (including phenoxy) is 1. The van der Waals surface area contributed by atoms with Crippen molar-refractivity contribution in [1.29, 1.82) is 0 Å². The van der Waals surface area contributed by atoms with E-state index in [0.29, 0.717) is 53.4 Å². The molecule has 0 atom stereocenters. The number of halogens is 1. The smallest absolute Gasteiger partial charge is 0.339 e. The van der Waals surface area contributed by atoms with Crippen molar-refractivity contribution < 1.29 is 19.1 Å². The summed E-state index contributed by atoms with van der Waals surface area (Å²) in [7, 11) is 0. The molecule has 2 aromatic carbocycles. The van der Waals surface area contributed by atoms with Gasteiger partial charge in [0.05, 0.1) is 5.60 Å². The molecule has 0 radical (unpaired) electrons. The molecule has 2 heterocycles. The molecule has 1 aromatic heterocycles. The second-order valence-corrected chi connectivity index (χ2v) is 8.85. The summed E-state index contributed by atoms with van der Waals surface area (Å²) in [5.41, 5.74) is 2.11. The number of hydrogen-bond donors (Lipinski definition) is 1. The maximum absolute atomic E-state index is 12.7. The van der Waals surface area contributed by atoms with Crippen LogP contribution in [0.15, 0.2) is 45.6 Å². The van der Waals surface area contributed by atoms with E-state index < -0.39 is 5.60 Å². The molecule has 0 spiro atoms. The maximum Gasteiger partial charge on any atom is 0.339 e. The van der Waals surface area contributed by atoms with Crippen molar-refractivity contribution in [3.8, 4) is 5.75 Å². The first-order chi connectivity index (χ1) is 15.2. The van der Waals surface area contributed by atoms with Gasteiger partial charge in [0, 0.05) is 34.6 Å². The lowest BCUT2D eigenvalue weighted by atomic mass is 9.84. The number of carbonyl (C=O) groups excluding carboxylic acids is 1. The summed E-state index contributed by atoms with van der Waals surface area (Å²) < 4.78 is 11.3. The molecule has 1 N–H and O–H groups in total. The van der Waals surface area contributed by atoms with E-state index in [1.165, 1.54) is 0 Å². The monoisotopic (exact) mass is 455 g/mol. The molecule has 6 nitrogen and oxygen atoms in total. The summed E-state index contributed by atoms with van der Waals surface area (Å²) in [5.74, 6) is 0.358. The zero-order chi connectivity index (χ0) is 23.0. The fourth-order valence-electron chi connectivity index (χ4n) is 4.19. The Bertz CT molecular complexity index is 1220. The third-order valence-corrected chi connectivity index (χ3v) is 6.75. The van der Waals surface area contributed by atoms with E-state index >= 15 is 0 Å². The van der Waals surface area contributed by atoms with Crippen LogP contribution in [0.4, 0.5) is 0 Å². The van der Waals surface area contributed by atoms with Crippen LogP contribution in [0.2, 0.25) is 5.02 Å². The van der Waals surface area contributed by atoms with Gasteiger partial charge >= 0.3 is 5.63 Å². The summed E-state index contributed by atoms with van der Waals surface area (Å²) in [6.45, 7) is 6.19. The van der Waals surface area contributed by atoms with E-state index in [-0.39, 0.29) is 18.1 Å². The van der Waals surface area contributed by atoms with Gasteiger partial charge in [-0.3, -0.25) is 4.79 Å². The van der Waals surface area contributed by atoms with Gasteiger partial charge in [0.2, 0.25) is 0 Å². The summed E-state index contributed by atoms with van der Waals surface area (Å²) in [6, 6.07) is 10.8. The van der Waals surface area contributed by atoms with E-state index in [1.54, 1.807) is 30.0 Å². The second kappa shape index (κ2) is 8.60. The number of nitrogens with zero attached hydrogens (tertiary/aromatic N) is 1. The number of carbonyl (C=O) groups is 1. The minimum absolute atomic E-state index is 0.124. The van der Waals surface area contributed by atoms with Crippen LogP contribution in [0.25, 0.3) is 11.0 Å². The van der Waals surface area contributed by atoms with E-state index in [2.05, 4.69) is 0 Å². The van der Waals surface area contributed by atoms with Crippen molar-refractivity contribution in [3.63, 3.8) is 0 Å². The molecule has 0 aliphatic carbocycles. The molecule has 1 fully saturated rings. The van der Waals surface area contributed by atoms with Crippen molar-refractivity contribution in [2.45, 2.75) is 39.2 Å². The van der Waals surface area contributed by atoms with Crippen LogP contribution in [0.5, 0.6) is 5.75 Å². The molecule has 0 unspecified atom stereocenters. The highest BCUT2D eigenvalue weighted by Gasteiger charge is 2.35. The number of rotatable bonds is 4. The Labute approximate surface area is 191 Å². The van der Waals surface area contributed by atoms with E-state index in [4.69, 9.17) is 20.8 Å². The second-order valence-electron chi connectivity index (χ2n) is 8.41. The molecule has 0 saturated carbocycles. The molecule has 0 bridgehead atoms. The Kier molecular flexibility index (Phi) is 6.01. The van der Waals surface area contributed by atoms with Gasteiger partial charge in [-0.15, -0.1) is 0 Å². The molecule has 7 heteroatoms.